The molecule has 6 nitrogen and oxygen atoms in total. The molecule has 0 saturated heterocycles. The lowest BCUT2D eigenvalue weighted by molar-refractivity contribution is -0.119. The molecule has 0 radical (unpaired) electrons. The van der Waals surface area contributed by atoms with Gasteiger partial charge in [-0.2, -0.15) is 5.10 Å². The van der Waals surface area contributed by atoms with Crippen molar-refractivity contribution in [2.75, 3.05) is 11.9 Å². The number of nitrogens with two attached hydrogens (primary N) is 1. The second-order valence-electron chi connectivity index (χ2n) is 5.05. The fraction of sp³-hybridized carbons (Fsp3) is 0.692. The van der Waals surface area contributed by atoms with E-state index >= 15 is 0 Å². The summed E-state index contributed by atoms with van der Waals surface area (Å²) < 4.78 is 7.14. The first-order valence-corrected chi connectivity index (χ1v) is 6.76. The molecule has 0 bridgehead atoms. The van der Waals surface area contributed by atoms with E-state index in [1.165, 1.54) is 0 Å². The minimum Gasteiger partial charge on any atom is -0.378 e. The van der Waals surface area contributed by atoms with Gasteiger partial charge in [0.05, 0.1) is 6.10 Å². The third kappa shape index (κ3) is 3.54. The lowest BCUT2D eigenvalue weighted by atomic mass is 9.80. The molecule has 1 saturated carbocycles. The number of carbonyl (C=O) groups excluding carboxylic acids is 1. The van der Waals surface area contributed by atoms with Crippen molar-refractivity contribution in [1.82, 2.24) is 9.78 Å². The molecule has 0 aromatic carbocycles. The molecule has 0 atom stereocenters. The number of rotatable bonds is 6. The van der Waals surface area contributed by atoms with E-state index in [0.717, 1.165) is 25.0 Å². The van der Waals surface area contributed by atoms with Gasteiger partial charge in [-0.3, -0.25) is 9.48 Å². The highest BCUT2D eigenvalue weighted by Gasteiger charge is 2.31. The standard InChI is InChI=1S/C13H22N4O2/c1-3-19-11-4-9(5-11)6-12(18)15-13-10(7-14)8-17(2)16-13/h8-9,11H,3-7,14H2,1-2H3,(H,15,16,18). The minimum absolute atomic E-state index is 0.00773. The SMILES string of the molecule is CCOC1CC(CC(=O)Nc2nn(C)cc2CN)C1. The zero-order valence-electron chi connectivity index (χ0n) is 11.6. The average Bonchev–Trinajstić information content (AvgIpc) is 2.66. The van der Waals surface area contributed by atoms with E-state index < -0.39 is 0 Å². The van der Waals surface area contributed by atoms with Crippen LogP contribution in [0.1, 0.15) is 31.7 Å². The molecule has 3 N–H and O–H groups in total. The van der Waals surface area contributed by atoms with E-state index in [1.807, 2.05) is 20.2 Å². The Kier molecular flexibility index (Phi) is 4.55. The quantitative estimate of drug-likeness (QED) is 0.805. The van der Waals surface area contributed by atoms with Crippen molar-refractivity contribution in [1.29, 1.82) is 0 Å². The van der Waals surface area contributed by atoms with Crippen LogP contribution >= 0.6 is 0 Å². The summed E-state index contributed by atoms with van der Waals surface area (Å²) >= 11 is 0. The Bertz CT molecular complexity index is 438. The molecule has 106 valence electrons. The summed E-state index contributed by atoms with van der Waals surface area (Å²) in [6.07, 6.45) is 4.66. The van der Waals surface area contributed by atoms with E-state index in [4.69, 9.17) is 10.5 Å². The van der Waals surface area contributed by atoms with Crippen molar-refractivity contribution < 1.29 is 9.53 Å². The van der Waals surface area contributed by atoms with Gasteiger partial charge in [0.2, 0.25) is 5.91 Å². The van der Waals surface area contributed by atoms with Gasteiger partial charge in [-0.25, -0.2) is 0 Å². The number of anilines is 1. The van der Waals surface area contributed by atoms with Crippen molar-refractivity contribution in [2.24, 2.45) is 18.7 Å². The Hall–Kier alpha value is -1.40. The number of nitrogens with one attached hydrogen (secondary N) is 1. The van der Waals surface area contributed by atoms with E-state index in [9.17, 15) is 4.79 Å². The van der Waals surface area contributed by atoms with Crippen LogP contribution in [0, 0.1) is 5.92 Å². The molecule has 1 aromatic heterocycles. The number of carbonyl (C=O) groups is 1. The van der Waals surface area contributed by atoms with Gasteiger partial charge < -0.3 is 15.8 Å². The van der Waals surface area contributed by atoms with Crippen molar-refractivity contribution >= 4 is 11.7 Å². The molecule has 1 amide bonds. The van der Waals surface area contributed by atoms with Crippen LogP contribution in [-0.2, 0) is 23.1 Å². The fourth-order valence-corrected chi connectivity index (χ4v) is 2.45. The van der Waals surface area contributed by atoms with Gasteiger partial charge in [0.25, 0.3) is 0 Å². The summed E-state index contributed by atoms with van der Waals surface area (Å²) in [5.41, 5.74) is 6.47. The van der Waals surface area contributed by atoms with E-state index in [-0.39, 0.29) is 5.91 Å². The monoisotopic (exact) mass is 266 g/mol. The highest BCUT2D eigenvalue weighted by atomic mass is 16.5. The zero-order chi connectivity index (χ0) is 13.8. The molecule has 1 aliphatic rings. The molecular formula is C13H22N4O2. The first-order valence-electron chi connectivity index (χ1n) is 6.76. The van der Waals surface area contributed by atoms with Crippen LogP contribution in [0.2, 0.25) is 0 Å². The predicted octanol–water partition coefficient (Wildman–Crippen LogP) is 1.02. The molecule has 1 fully saturated rings. The van der Waals surface area contributed by atoms with E-state index in [2.05, 4.69) is 10.4 Å². The van der Waals surface area contributed by atoms with Crippen LogP contribution < -0.4 is 11.1 Å². The molecule has 1 heterocycles. The molecule has 0 aliphatic heterocycles. The summed E-state index contributed by atoms with van der Waals surface area (Å²) in [6, 6.07) is 0. The maximum atomic E-state index is 11.9. The normalized spacial score (nSPS) is 22.1. The summed E-state index contributed by atoms with van der Waals surface area (Å²) in [7, 11) is 1.81. The van der Waals surface area contributed by atoms with Gasteiger partial charge in [0.15, 0.2) is 5.82 Å². The largest absolute Gasteiger partial charge is 0.378 e. The highest BCUT2D eigenvalue weighted by molar-refractivity contribution is 5.90. The van der Waals surface area contributed by atoms with Gasteiger partial charge in [-0.05, 0) is 25.7 Å². The smallest absolute Gasteiger partial charge is 0.225 e. The van der Waals surface area contributed by atoms with Gasteiger partial charge in [0, 0.05) is 38.4 Å². The van der Waals surface area contributed by atoms with Gasteiger partial charge in [-0.15, -0.1) is 0 Å². The number of ether oxygens (including phenoxy) is 1. The average molecular weight is 266 g/mol. The lowest BCUT2D eigenvalue weighted by Crippen LogP contribution is -2.34. The first kappa shape index (κ1) is 14.0. The number of hydrogen-bond donors (Lipinski definition) is 2. The fourth-order valence-electron chi connectivity index (χ4n) is 2.45. The molecule has 0 unspecified atom stereocenters. The van der Waals surface area contributed by atoms with Crippen molar-refractivity contribution in [3.63, 3.8) is 0 Å². The predicted molar refractivity (Wildman–Crippen MR) is 72.5 cm³/mol. The second kappa shape index (κ2) is 6.16. The Balaban J connectivity index is 1.79. The lowest BCUT2D eigenvalue weighted by Gasteiger charge is -2.34. The summed E-state index contributed by atoms with van der Waals surface area (Å²) in [6.45, 7) is 3.12. The maximum absolute atomic E-state index is 11.9. The zero-order valence-corrected chi connectivity index (χ0v) is 11.6. The van der Waals surface area contributed by atoms with Gasteiger partial charge >= 0.3 is 0 Å². The number of nitrogens with zero attached hydrogens (tertiary/aromatic N) is 2. The molecule has 1 aromatic rings. The van der Waals surface area contributed by atoms with Crippen LogP contribution in [0.15, 0.2) is 6.20 Å². The van der Waals surface area contributed by atoms with Gasteiger partial charge in [-0.1, -0.05) is 0 Å². The van der Waals surface area contributed by atoms with Crippen molar-refractivity contribution in [3.8, 4) is 0 Å². The minimum atomic E-state index is 0.00773. The van der Waals surface area contributed by atoms with Crippen LogP contribution in [0.3, 0.4) is 0 Å². The van der Waals surface area contributed by atoms with E-state index in [0.29, 0.717) is 30.8 Å². The van der Waals surface area contributed by atoms with Gasteiger partial charge in [0.1, 0.15) is 0 Å². The number of hydrogen-bond acceptors (Lipinski definition) is 4. The summed E-state index contributed by atoms with van der Waals surface area (Å²) in [4.78, 5) is 11.9. The molecule has 1 aliphatic carbocycles. The van der Waals surface area contributed by atoms with E-state index in [1.54, 1.807) is 4.68 Å². The van der Waals surface area contributed by atoms with Crippen LogP contribution in [-0.4, -0.2) is 28.4 Å². The number of amides is 1. The second-order valence-corrected chi connectivity index (χ2v) is 5.05. The van der Waals surface area contributed by atoms with Crippen molar-refractivity contribution in [2.45, 2.75) is 38.8 Å². The topological polar surface area (TPSA) is 82.2 Å². The molecule has 19 heavy (non-hydrogen) atoms. The third-order valence-electron chi connectivity index (χ3n) is 3.45. The Morgan fingerprint density at radius 3 is 3.00 bits per heavy atom. The molecule has 6 heteroatoms. The van der Waals surface area contributed by atoms with Crippen LogP contribution in [0.5, 0.6) is 0 Å². The number of aryl methyl sites for hydroxylation is 1. The Morgan fingerprint density at radius 2 is 2.37 bits per heavy atom. The van der Waals surface area contributed by atoms with Crippen LogP contribution in [0.25, 0.3) is 0 Å². The third-order valence-corrected chi connectivity index (χ3v) is 3.45. The first-order chi connectivity index (χ1) is 9.12. The Labute approximate surface area is 113 Å². The Morgan fingerprint density at radius 1 is 1.63 bits per heavy atom. The molecular weight excluding hydrogens is 244 g/mol. The molecule has 2 rings (SSSR count). The highest BCUT2D eigenvalue weighted by Crippen LogP contribution is 2.32. The summed E-state index contributed by atoms with van der Waals surface area (Å²) in [5.74, 6) is 1.02. The summed E-state index contributed by atoms with van der Waals surface area (Å²) in [5, 5.41) is 7.03. The molecule has 0 spiro atoms. The van der Waals surface area contributed by atoms with Crippen molar-refractivity contribution in [3.05, 3.63) is 11.8 Å². The number of aromatic nitrogens is 2. The maximum Gasteiger partial charge on any atom is 0.225 e. The van der Waals surface area contributed by atoms with Crippen LogP contribution in [0.4, 0.5) is 5.82 Å².